The van der Waals surface area contributed by atoms with Crippen molar-refractivity contribution in [2.75, 3.05) is 10.6 Å². The van der Waals surface area contributed by atoms with Crippen molar-refractivity contribution in [3.8, 4) is 0 Å². The summed E-state index contributed by atoms with van der Waals surface area (Å²) in [6.45, 7) is 30.5. The number of nitrogens with zero attached hydrogens (tertiary/aromatic N) is 2. The second-order valence-electron chi connectivity index (χ2n) is 21.3. The van der Waals surface area contributed by atoms with Crippen molar-refractivity contribution in [1.29, 1.82) is 0 Å². The molecule has 0 radical (unpaired) electrons. The zero-order valence-electron chi connectivity index (χ0n) is 37.7. The quantitative estimate of drug-likeness (QED) is 0.249. The van der Waals surface area contributed by atoms with E-state index in [4.69, 9.17) is 0 Å². The molecule has 5 rings (SSSR count). The number of urea groups is 2. The Hall–Kier alpha value is -2.24. The number of amides is 4. The number of hydrogen-bond donors (Lipinski definition) is 2. The van der Waals surface area contributed by atoms with Crippen molar-refractivity contribution < 1.29 is 9.59 Å². The summed E-state index contributed by atoms with van der Waals surface area (Å²) in [4.78, 5) is 34.8. The normalized spacial score (nSPS) is 34.6. The number of aryl methyl sites for hydroxylation is 1. The highest BCUT2D eigenvalue weighted by Crippen LogP contribution is 2.45. The van der Waals surface area contributed by atoms with Crippen molar-refractivity contribution in [1.82, 2.24) is 9.80 Å². The van der Waals surface area contributed by atoms with Gasteiger partial charge < -0.3 is 20.4 Å². The van der Waals surface area contributed by atoms with Gasteiger partial charge in [-0.3, -0.25) is 0 Å². The molecule has 0 spiro atoms. The third-order valence-electron chi connectivity index (χ3n) is 15.6. The highest BCUT2D eigenvalue weighted by Gasteiger charge is 2.46. The Morgan fingerprint density at radius 3 is 1.13 bits per heavy atom. The lowest BCUT2D eigenvalue weighted by atomic mass is 9.69. The van der Waals surface area contributed by atoms with Crippen molar-refractivity contribution in [2.24, 2.45) is 71.0 Å². The highest BCUT2D eigenvalue weighted by molar-refractivity contribution is 5.94. The van der Waals surface area contributed by atoms with Crippen LogP contribution in [0.15, 0.2) is 18.2 Å². The Morgan fingerprint density at radius 1 is 0.509 bits per heavy atom. The first kappa shape index (κ1) is 43.9. The van der Waals surface area contributed by atoms with E-state index in [1.165, 1.54) is 51.4 Å². The smallest absolute Gasteiger partial charge is 0.318 e. The van der Waals surface area contributed by atoms with Gasteiger partial charge in [0.25, 0.3) is 0 Å². The van der Waals surface area contributed by atoms with E-state index in [1.807, 2.05) is 12.1 Å². The summed E-state index contributed by atoms with van der Waals surface area (Å²) in [6, 6.07) is 7.19. The number of anilines is 2. The van der Waals surface area contributed by atoms with E-state index >= 15 is 4.79 Å². The Balaban J connectivity index is 1.47. The van der Waals surface area contributed by atoms with Gasteiger partial charge in [0.15, 0.2) is 0 Å². The van der Waals surface area contributed by atoms with Crippen LogP contribution in [0.1, 0.15) is 166 Å². The first-order chi connectivity index (χ1) is 26.0. The predicted octanol–water partition coefficient (Wildman–Crippen LogP) is 13.5. The Morgan fingerprint density at radius 2 is 0.818 bits per heavy atom. The van der Waals surface area contributed by atoms with Gasteiger partial charge in [-0.1, -0.05) is 115 Å². The molecule has 0 aromatic heterocycles. The minimum atomic E-state index is 0.0455. The Bertz CT molecular complexity index is 1340. The maximum atomic E-state index is 15.0. The average molecular weight is 761 g/mol. The van der Waals surface area contributed by atoms with E-state index in [1.54, 1.807) is 0 Å². The molecule has 0 bridgehead atoms. The molecule has 0 heterocycles. The molecule has 12 unspecified atom stereocenters. The molecule has 0 saturated heterocycles. The van der Waals surface area contributed by atoms with Crippen LogP contribution in [-0.4, -0.2) is 46.0 Å². The lowest BCUT2D eigenvalue weighted by Gasteiger charge is -2.51. The van der Waals surface area contributed by atoms with Crippen molar-refractivity contribution in [3.05, 3.63) is 23.8 Å². The second-order valence-corrected chi connectivity index (χ2v) is 21.3. The van der Waals surface area contributed by atoms with Gasteiger partial charge in [-0.25, -0.2) is 9.59 Å². The average Bonchev–Trinajstić information content (AvgIpc) is 3.09. The molecule has 0 aliphatic heterocycles. The fraction of sp³-hybridized carbons (Fsp3) is 0.837. The van der Waals surface area contributed by atoms with Crippen LogP contribution in [0.3, 0.4) is 0 Å². The van der Waals surface area contributed by atoms with E-state index in [0.717, 1.165) is 42.6 Å². The number of rotatable bonds is 10. The molecule has 6 nitrogen and oxygen atoms in total. The molecule has 12 atom stereocenters. The van der Waals surface area contributed by atoms with Gasteiger partial charge in [-0.05, 0) is 147 Å². The topological polar surface area (TPSA) is 64.7 Å². The number of carbonyl (C=O) groups excluding carboxylic acids is 2. The maximum absolute atomic E-state index is 15.0. The molecule has 4 saturated carbocycles. The summed E-state index contributed by atoms with van der Waals surface area (Å²) in [6.07, 6.45) is 14.0. The Kier molecular flexibility index (Phi) is 15.2. The van der Waals surface area contributed by atoms with E-state index in [-0.39, 0.29) is 36.2 Å². The number of nitrogens with one attached hydrogen (secondary N) is 2. The molecule has 4 aliphatic carbocycles. The molecule has 55 heavy (non-hydrogen) atoms. The fourth-order valence-corrected chi connectivity index (χ4v) is 12.2. The molecule has 1 aromatic rings. The molecule has 4 aliphatic rings. The highest BCUT2D eigenvalue weighted by atomic mass is 16.2. The van der Waals surface area contributed by atoms with Crippen LogP contribution < -0.4 is 10.6 Å². The van der Waals surface area contributed by atoms with Crippen molar-refractivity contribution >= 4 is 23.4 Å². The van der Waals surface area contributed by atoms with E-state index in [2.05, 4.69) is 117 Å². The minimum absolute atomic E-state index is 0.0455. The van der Waals surface area contributed by atoms with Gasteiger partial charge in [-0.2, -0.15) is 0 Å². The van der Waals surface area contributed by atoms with Crippen LogP contribution in [0.25, 0.3) is 0 Å². The van der Waals surface area contributed by atoms with Crippen LogP contribution in [0, 0.1) is 77.9 Å². The molecular formula is C49H84N4O2. The van der Waals surface area contributed by atoms with Gasteiger partial charge >= 0.3 is 12.1 Å². The summed E-state index contributed by atoms with van der Waals surface area (Å²) in [5.41, 5.74) is 2.61. The van der Waals surface area contributed by atoms with Crippen LogP contribution >= 0.6 is 0 Å². The summed E-state index contributed by atoms with van der Waals surface area (Å²) in [7, 11) is 0. The van der Waals surface area contributed by atoms with Crippen molar-refractivity contribution in [2.45, 2.75) is 191 Å². The van der Waals surface area contributed by atoms with Gasteiger partial charge in [0, 0.05) is 35.5 Å². The monoisotopic (exact) mass is 761 g/mol. The number of hydrogen-bond acceptors (Lipinski definition) is 2. The van der Waals surface area contributed by atoms with Gasteiger partial charge in [0.2, 0.25) is 0 Å². The standard InChI is InChI=1S/C49H84N4O2/c1-29(2)39-20-14-33(9)24-44(39)52(45-25-34(10)15-21-40(45)30(3)4)48(54)50-38-19-18-37(13)43(28-38)51-49(55)53(46-26-35(11)16-22-41(46)31(5)6)47-27-36(12)17-23-42(47)32(7)8/h18-19,28-36,39-42,44-47H,14-17,20-27H2,1-13H3,(H,50,54)(H,51,55). The summed E-state index contributed by atoms with van der Waals surface area (Å²) in [5.74, 6) is 6.56. The second kappa shape index (κ2) is 19.0. The van der Waals surface area contributed by atoms with E-state index in [9.17, 15) is 4.79 Å². The molecule has 2 N–H and O–H groups in total. The molecular weight excluding hydrogens is 677 g/mol. The molecule has 6 heteroatoms. The van der Waals surface area contributed by atoms with E-state index in [0.29, 0.717) is 71.0 Å². The van der Waals surface area contributed by atoms with Crippen LogP contribution in [0.2, 0.25) is 0 Å². The predicted molar refractivity (Wildman–Crippen MR) is 233 cm³/mol. The van der Waals surface area contributed by atoms with E-state index < -0.39 is 0 Å². The molecule has 312 valence electrons. The maximum Gasteiger partial charge on any atom is 0.322 e. The summed E-state index contributed by atoms with van der Waals surface area (Å²) in [5, 5.41) is 6.96. The first-order valence-electron chi connectivity index (χ1n) is 23.3. The van der Waals surface area contributed by atoms with Crippen LogP contribution in [0.5, 0.6) is 0 Å². The Labute approximate surface area is 338 Å². The lowest BCUT2D eigenvalue weighted by molar-refractivity contribution is 0.00903. The minimum Gasteiger partial charge on any atom is -0.318 e. The van der Waals surface area contributed by atoms with Gasteiger partial charge in [-0.15, -0.1) is 0 Å². The van der Waals surface area contributed by atoms with Crippen LogP contribution in [-0.2, 0) is 0 Å². The number of carbonyl (C=O) groups is 2. The molecule has 4 fully saturated rings. The number of benzene rings is 1. The summed E-state index contributed by atoms with van der Waals surface area (Å²) >= 11 is 0. The summed E-state index contributed by atoms with van der Waals surface area (Å²) < 4.78 is 0. The SMILES string of the molecule is Cc1ccc(NC(=O)N(C2CC(C)CCC2C(C)C)C2CC(C)CCC2C(C)C)cc1NC(=O)N(C1CC(C)CCC1C(C)C)C1CC(C)CCC1C(C)C. The molecule has 4 amide bonds. The van der Waals surface area contributed by atoms with Gasteiger partial charge in [0.1, 0.15) is 0 Å². The fourth-order valence-electron chi connectivity index (χ4n) is 12.2. The molecule has 1 aromatic carbocycles. The van der Waals surface area contributed by atoms with Crippen molar-refractivity contribution in [3.63, 3.8) is 0 Å². The zero-order valence-corrected chi connectivity index (χ0v) is 37.7. The first-order valence-corrected chi connectivity index (χ1v) is 23.3. The lowest BCUT2D eigenvalue weighted by Crippen LogP contribution is -2.58. The van der Waals surface area contributed by atoms with Gasteiger partial charge in [0.05, 0.1) is 0 Å². The van der Waals surface area contributed by atoms with Crippen LogP contribution in [0.4, 0.5) is 21.0 Å². The zero-order chi connectivity index (χ0) is 40.3. The third-order valence-corrected chi connectivity index (χ3v) is 15.6. The largest absolute Gasteiger partial charge is 0.322 e. The third kappa shape index (κ3) is 10.4.